The van der Waals surface area contributed by atoms with Gasteiger partial charge in [0.15, 0.2) is 5.11 Å². The van der Waals surface area contributed by atoms with Crippen molar-refractivity contribution in [2.45, 2.75) is 19.6 Å². The molecular weight excluding hydrogens is 446 g/mol. The summed E-state index contributed by atoms with van der Waals surface area (Å²) in [6.45, 7) is 1.83. The van der Waals surface area contributed by atoms with Crippen molar-refractivity contribution in [3.05, 3.63) is 95.1 Å². The molecule has 0 saturated heterocycles. The number of nitrogens with one attached hydrogen (secondary N) is 1. The number of benzene rings is 3. The molecule has 0 fully saturated rings. The first-order valence-electron chi connectivity index (χ1n) is 11.0. The average Bonchev–Trinajstić information content (AvgIpc) is 2.84. The minimum atomic E-state index is -0.222. The zero-order valence-corrected chi connectivity index (χ0v) is 20.9. The normalized spacial score (nSPS) is 10.6. The van der Waals surface area contributed by atoms with Crippen LogP contribution >= 0.6 is 12.2 Å². The van der Waals surface area contributed by atoms with Crippen molar-refractivity contribution >= 4 is 23.2 Å². The van der Waals surface area contributed by atoms with E-state index in [0.717, 1.165) is 34.7 Å². The standard InChI is InChI=1S/C27H31N3O3S/c1-29(2)17-22-6-5-7-23(16-22)26(31)28-27(34)30(18-20-8-12-24(32-3)13-9-20)19-21-10-14-25(33-4)15-11-21/h5-16H,17-19H2,1-4H3,(H,28,31,34). The number of hydrogen-bond donors (Lipinski definition) is 1. The Morgan fingerprint density at radius 3 is 1.79 bits per heavy atom. The molecule has 0 spiro atoms. The summed E-state index contributed by atoms with van der Waals surface area (Å²) in [5.74, 6) is 1.36. The average molecular weight is 478 g/mol. The smallest absolute Gasteiger partial charge is 0.257 e. The van der Waals surface area contributed by atoms with Gasteiger partial charge >= 0.3 is 0 Å². The minimum absolute atomic E-state index is 0.222. The maximum atomic E-state index is 13.0. The summed E-state index contributed by atoms with van der Waals surface area (Å²) >= 11 is 5.69. The van der Waals surface area contributed by atoms with Gasteiger partial charge in [-0.25, -0.2) is 0 Å². The molecule has 0 atom stereocenters. The second kappa shape index (κ2) is 12.2. The number of rotatable bonds is 9. The lowest BCUT2D eigenvalue weighted by Gasteiger charge is -2.26. The van der Waals surface area contributed by atoms with E-state index in [1.807, 2.05) is 85.7 Å². The Morgan fingerprint density at radius 2 is 1.32 bits per heavy atom. The third kappa shape index (κ3) is 7.30. The number of nitrogens with zero attached hydrogens (tertiary/aromatic N) is 2. The molecule has 1 N–H and O–H groups in total. The molecule has 0 heterocycles. The lowest BCUT2D eigenvalue weighted by Crippen LogP contribution is -2.42. The Kier molecular flexibility index (Phi) is 9.01. The number of thiocarbonyl (C=S) groups is 1. The molecule has 3 aromatic rings. The topological polar surface area (TPSA) is 54.0 Å². The number of methoxy groups -OCH3 is 2. The number of carbonyl (C=O) groups is 1. The van der Waals surface area contributed by atoms with Crippen molar-refractivity contribution in [1.82, 2.24) is 15.1 Å². The van der Waals surface area contributed by atoms with E-state index in [-0.39, 0.29) is 5.91 Å². The van der Waals surface area contributed by atoms with Crippen LogP contribution < -0.4 is 14.8 Å². The second-order valence-corrected chi connectivity index (χ2v) is 8.64. The highest BCUT2D eigenvalue weighted by Gasteiger charge is 2.16. The monoisotopic (exact) mass is 477 g/mol. The van der Waals surface area contributed by atoms with Gasteiger partial charge in [-0.3, -0.25) is 10.1 Å². The van der Waals surface area contributed by atoms with E-state index < -0.39 is 0 Å². The quantitative estimate of drug-likeness (QED) is 0.459. The van der Waals surface area contributed by atoms with Crippen LogP contribution in [-0.2, 0) is 19.6 Å². The van der Waals surface area contributed by atoms with E-state index in [1.165, 1.54) is 0 Å². The lowest BCUT2D eigenvalue weighted by atomic mass is 10.1. The fourth-order valence-corrected chi connectivity index (χ4v) is 3.75. The fraction of sp³-hybridized carbons (Fsp3) is 0.259. The molecule has 0 aliphatic heterocycles. The molecule has 0 bridgehead atoms. The van der Waals surface area contributed by atoms with Crippen molar-refractivity contribution in [3.8, 4) is 11.5 Å². The minimum Gasteiger partial charge on any atom is -0.497 e. The third-order valence-electron chi connectivity index (χ3n) is 5.26. The van der Waals surface area contributed by atoms with Crippen molar-refractivity contribution < 1.29 is 14.3 Å². The molecule has 178 valence electrons. The second-order valence-electron chi connectivity index (χ2n) is 8.25. The van der Waals surface area contributed by atoms with E-state index in [4.69, 9.17) is 21.7 Å². The van der Waals surface area contributed by atoms with Crippen LogP contribution in [0.15, 0.2) is 72.8 Å². The Balaban J connectivity index is 1.77. The van der Waals surface area contributed by atoms with Crippen molar-refractivity contribution in [3.63, 3.8) is 0 Å². The van der Waals surface area contributed by atoms with Gasteiger partial charge in [0.05, 0.1) is 14.2 Å². The first-order valence-corrected chi connectivity index (χ1v) is 11.4. The van der Waals surface area contributed by atoms with Crippen LogP contribution in [0.5, 0.6) is 11.5 Å². The van der Waals surface area contributed by atoms with Crippen LogP contribution in [-0.4, -0.2) is 49.1 Å². The van der Waals surface area contributed by atoms with Crippen LogP contribution in [0, 0.1) is 0 Å². The number of carbonyl (C=O) groups excluding carboxylic acids is 1. The zero-order valence-electron chi connectivity index (χ0n) is 20.1. The molecule has 0 radical (unpaired) electrons. The zero-order chi connectivity index (χ0) is 24.5. The van der Waals surface area contributed by atoms with Gasteiger partial charge < -0.3 is 19.3 Å². The summed E-state index contributed by atoms with van der Waals surface area (Å²) in [5, 5.41) is 3.29. The predicted molar refractivity (Wildman–Crippen MR) is 139 cm³/mol. The molecule has 34 heavy (non-hydrogen) atoms. The lowest BCUT2D eigenvalue weighted by molar-refractivity contribution is 0.0972. The van der Waals surface area contributed by atoms with Crippen molar-refractivity contribution in [2.75, 3.05) is 28.3 Å². The highest BCUT2D eigenvalue weighted by molar-refractivity contribution is 7.80. The van der Waals surface area contributed by atoms with Crippen molar-refractivity contribution in [2.24, 2.45) is 0 Å². The SMILES string of the molecule is COc1ccc(CN(Cc2ccc(OC)cc2)C(=S)NC(=O)c2cccc(CN(C)C)c2)cc1. The van der Waals surface area contributed by atoms with Gasteiger partial charge in [0, 0.05) is 25.2 Å². The molecule has 3 rings (SSSR count). The molecule has 6 nitrogen and oxygen atoms in total. The molecule has 1 amide bonds. The molecule has 0 aliphatic carbocycles. The Morgan fingerprint density at radius 1 is 0.794 bits per heavy atom. The summed E-state index contributed by atoms with van der Waals surface area (Å²) < 4.78 is 10.5. The van der Waals surface area contributed by atoms with E-state index in [9.17, 15) is 4.79 Å². The molecule has 0 unspecified atom stereocenters. The van der Waals surface area contributed by atoms with E-state index in [1.54, 1.807) is 20.3 Å². The molecular formula is C27H31N3O3S. The van der Waals surface area contributed by atoms with Gasteiger partial charge in [-0.2, -0.15) is 0 Å². The van der Waals surface area contributed by atoms with E-state index >= 15 is 0 Å². The summed E-state index contributed by atoms with van der Waals surface area (Å²) in [5.41, 5.74) is 3.75. The molecule has 0 saturated carbocycles. The van der Waals surface area contributed by atoms with Gasteiger partial charge in [0.25, 0.3) is 5.91 Å². The van der Waals surface area contributed by atoms with Crippen molar-refractivity contribution in [1.29, 1.82) is 0 Å². The number of ether oxygens (including phenoxy) is 2. The van der Waals surface area contributed by atoms with Crippen LogP contribution in [0.3, 0.4) is 0 Å². The van der Waals surface area contributed by atoms with Crippen LogP contribution in [0.4, 0.5) is 0 Å². The first-order chi connectivity index (χ1) is 16.4. The molecule has 7 heteroatoms. The largest absolute Gasteiger partial charge is 0.497 e. The summed E-state index contributed by atoms with van der Waals surface area (Å²) in [4.78, 5) is 17.0. The number of amides is 1. The van der Waals surface area contributed by atoms with Crippen LogP contribution in [0.1, 0.15) is 27.0 Å². The van der Waals surface area contributed by atoms with Gasteiger partial charge in [-0.05, 0) is 79.4 Å². The van der Waals surface area contributed by atoms with E-state index in [2.05, 4.69) is 10.2 Å². The fourth-order valence-electron chi connectivity index (χ4n) is 3.53. The van der Waals surface area contributed by atoms with Crippen LogP contribution in [0.25, 0.3) is 0 Å². The summed E-state index contributed by atoms with van der Waals surface area (Å²) in [6, 6.07) is 23.2. The maximum Gasteiger partial charge on any atom is 0.257 e. The highest BCUT2D eigenvalue weighted by Crippen LogP contribution is 2.17. The number of hydrogen-bond acceptors (Lipinski definition) is 5. The predicted octanol–water partition coefficient (Wildman–Crippen LogP) is 4.48. The summed E-state index contributed by atoms with van der Waals surface area (Å²) in [6.07, 6.45) is 0. The van der Waals surface area contributed by atoms with E-state index in [0.29, 0.717) is 23.8 Å². The van der Waals surface area contributed by atoms with Gasteiger partial charge in [-0.1, -0.05) is 36.4 Å². The Bertz CT molecular complexity index is 1050. The maximum absolute atomic E-state index is 13.0. The first kappa shape index (κ1) is 25.2. The molecule has 0 aromatic heterocycles. The van der Waals surface area contributed by atoms with Gasteiger partial charge in [-0.15, -0.1) is 0 Å². The summed E-state index contributed by atoms with van der Waals surface area (Å²) in [7, 11) is 7.28. The Hall–Kier alpha value is -3.42. The highest BCUT2D eigenvalue weighted by atomic mass is 32.1. The third-order valence-corrected chi connectivity index (χ3v) is 5.62. The molecule has 3 aromatic carbocycles. The molecule has 0 aliphatic rings. The van der Waals surface area contributed by atoms with Crippen LogP contribution in [0.2, 0.25) is 0 Å². The Labute approximate surface area is 207 Å². The van der Waals surface area contributed by atoms with Gasteiger partial charge in [0.2, 0.25) is 0 Å². The van der Waals surface area contributed by atoms with Gasteiger partial charge in [0.1, 0.15) is 11.5 Å².